The number of pyridine rings is 1. The van der Waals surface area contributed by atoms with E-state index in [4.69, 9.17) is 9.15 Å². The summed E-state index contributed by atoms with van der Waals surface area (Å²) in [6.07, 6.45) is 10.2. The largest absolute Gasteiger partial charge is 0.465 e. The van der Waals surface area contributed by atoms with Gasteiger partial charge in [0.15, 0.2) is 0 Å². The number of carbonyl (C=O) groups is 1. The van der Waals surface area contributed by atoms with E-state index in [1.165, 1.54) is 6.08 Å². The maximum atomic E-state index is 12.3. The Morgan fingerprint density at radius 2 is 2.17 bits per heavy atom. The van der Waals surface area contributed by atoms with Gasteiger partial charge in [-0.15, -0.1) is 0 Å². The molecule has 0 spiro atoms. The van der Waals surface area contributed by atoms with Crippen molar-refractivity contribution in [3.63, 3.8) is 0 Å². The molecule has 1 atom stereocenters. The van der Waals surface area contributed by atoms with Gasteiger partial charge in [-0.05, 0) is 48.6 Å². The molecule has 5 nitrogen and oxygen atoms in total. The second-order valence-electron chi connectivity index (χ2n) is 5.57. The molecule has 1 N–H and O–H groups in total. The van der Waals surface area contributed by atoms with Crippen molar-refractivity contribution in [1.29, 1.82) is 0 Å². The molecular formula is C18H20N2O3. The van der Waals surface area contributed by atoms with E-state index in [-0.39, 0.29) is 11.9 Å². The minimum Gasteiger partial charge on any atom is -0.465 e. The molecule has 0 radical (unpaired) electrons. The lowest BCUT2D eigenvalue weighted by Gasteiger charge is -2.30. The van der Waals surface area contributed by atoms with Gasteiger partial charge >= 0.3 is 0 Å². The highest BCUT2D eigenvalue weighted by atomic mass is 16.5. The van der Waals surface area contributed by atoms with Gasteiger partial charge in [-0.1, -0.05) is 6.07 Å². The van der Waals surface area contributed by atoms with Crippen LogP contribution in [0.25, 0.3) is 6.08 Å². The second kappa shape index (κ2) is 7.74. The molecule has 120 valence electrons. The van der Waals surface area contributed by atoms with Crippen LogP contribution in [-0.2, 0) is 9.53 Å². The molecule has 0 aliphatic carbocycles. The molecule has 1 aliphatic heterocycles. The van der Waals surface area contributed by atoms with Crippen LogP contribution in [0.15, 0.2) is 53.4 Å². The highest BCUT2D eigenvalue weighted by Gasteiger charge is 2.26. The van der Waals surface area contributed by atoms with Gasteiger partial charge in [0.2, 0.25) is 5.91 Å². The van der Waals surface area contributed by atoms with Crippen molar-refractivity contribution in [2.45, 2.75) is 18.9 Å². The van der Waals surface area contributed by atoms with Crippen LogP contribution in [0.1, 0.15) is 30.2 Å². The molecule has 0 bridgehead atoms. The molecule has 1 saturated heterocycles. The van der Waals surface area contributed by atoms with Gasteiger partial charge in [-0.3, -0.25) is 9.78 Å². The summed E-state index contributed by atoms with van der Waals surface area (Å²) in [7, 11) is 0. The maximum Gasteiger partial charge on any atom is 0.244 e. The lowest BCUT2D eigenvalue weighted by Crippen LogP contribution is -2.35. The Balaban J connectivity index is 1.71. The first kappa shape index (κ1) is 15.5. The van der Waals surface area contributed by atoms with Gasteiger partial charge < -0.3 is 14.5 Å². The third-order valence-electron chi connectivity index (χ3n) is 4.02. The van der Waals surface area contributed by atoms with Gasteiger partial charge in [0.1, 0.15) is 5.76 Å². The van der Waals surface area contributed by atoms with Gasteiger partial charge in [0, 0.05) is 31.7 Å². The topological polar surface area (TPSA) is 64.4 Å². The van der Waals surface area contributed by atoms with E-state index >= 15 is 0 Å². The lowest BCUT2D eigenvalue weighted by atomic mass is 9.87. The number of amides is 1. The zero-order valence-corrected chi connectivity index (χ0v) is 12.9. The number of aromatic nitrogens is 1. The van der Waals surface area contributed by atoms with Crippen LogP contribution in [0, 0.1) is 5.92 Å². The standard InChI is InChI=1S/C18H20N2O3/c21-17(6-5-16-4-2-10-23-16)20-18(14-7-11-22-12-8-14)15-3-1-9-19-13-15/h1-6,9-10,13-14,18H,7-8,11-12H2,(H,20,21). The van der Waals surface area contributed by atoms with Gasteiger partial charge in [0.25, 0.3) is 0 Å². The Kier molecular flexibility index (Phi) is 5.21. The van der Waals surface area contributed by atoms with Gasteiger partial charge in [0.05, 0.1) is 12.3 Å². The molecular weight excluding hydrogens is 292 g/mol. The Bertz CT molecular complexity index is 632. The normalized spacial score (nSPS) is 17.2. The van der Waals surface area contributed by atoms with Crippen LogP contribution in [0.2, 0.25) is 0 Å². The number of rotatable bonds is 5. The quantitative estimate of drug-likeness (QED) is 0.862. The first-order chi connectivity index (χ1) is 11.3. The molecule has 1 unspecified atom stereocenters. The fourth-order valence-corrected chi connectivity index (χ4v) is 2.83. The van der Waals surface area contributed by atoms with Crippen molar-refractivity contribution in [3.8, 4) is 0 Å². The first-order valence-corrected chi connectivity index (χ1v) is 7.82. The summed E-state index contributed by atoms with van der Waals surface area (Å²) < 4.78 is 10.6. The van der Waals surface area contributed by atoms with Crippen LogP contribution in [0.4, 0.5) is 0 Å². The Labute approximate surface area is 135 Å². The molecule has 0 saturated carbocycles. The van der Waals surface area contributed by atoms with Crippen molar-refractivity contribution < 1.29 is 13.9 Å². The number of nitrogens with zero attached hydrogens (tertiary/aromatic N) is 1. The molecule has 2 aromatic rings. The summed E-state index contributed by atoms with van der Waals surface area (Å²) in [5, 5.41) is 3.10. The molecule has 1 amide bonds. The molecule has 5 heteroatoms. The summed E-state index contributed by atoms with van der Waals surface area (Å²) in [4.78, 5) is 16.5. The number of carbonyl (C=O) groups excluding carboxylic acids is 1. The van der Waals surface area contributed by atoms with Crippen LogP contribution in [0.3, 0.4) is 0 Å². The van der Waals surface area contributed by atoms with Crippen LogP contribution in [-0.4, -0.2) is 24.1 Å². The second-order valence-corrected chi connectivity index (χ2v) is 5.57. The summed E-state index contributed by atoms with van der Waals surface area (Å²) in [6.45, 7) is 1.47. The number of ether oxygens (including phenoxy) is 1. The average Bonchev–Trinajstić information content (AvgIpc) is 3.13. The zero-order chi connectivity index (χ0) is 15.9. The van der Waals surface area contributed by atoms with Crippen molar-refractivity contribution in [2.24, 2.45) is 5.92 Å². The number of hydrogen-bond donors (Lipinski definition) is 1. The third kappa shape index (κ3) is 4.29. The summed E-state index contributed by atoms with van der Waals surface area (Å²) >= 11 is 0. The van der Waals surface area contributed by atoms with Gasteiger partial charge in [-0.2, -0.15) is 0 Å². The van der Waals surface area contributed by atoms with Gasteiger partial charge in [-0.25, -0.2) is 0 Å². The lowest BCUT2D eigenvalue weighted by molar-refractivity contribution is -0.117. The minimum atomic E-state index is -0.137. The van der Waals surface area contributed by atoms with Crippen LogP contribution < -0.4 is 5.32 Å². The number of furan rings is 1. The summed E-state index contributed by atoms with van der Waals surface area (Å²) in [5.74, 6) is 0.875. The number of hydrogen-bond acceptors (Lipinski definition) is 4. The summed E-state index contributed by atoms with van der Waals surface area (Å²) in [6, 6.07) is 7.44. The van der Waals surface area contributed by atoms with E-state index < -0.39 is 0 Å². The van der Waals surface area contributed by atoms with Crippen molar-refractivity contribution in [1.82, 2.24) is 10.3 Å². The minimum absolute atomic E-state index is 0.0543. The maximum absolute atomic E-state index is 12.3. The molecule has 1 aliphatic rings. The Morgan fingerprint density at radius 1 is 1.30 bits per heavy atom. The molecule has 3 rings (SSSR count). The highest BCUT2D eigenvalue weighted by Crippen LogP contribution is 2.29. The molecule has 23 heavy (non-hydrogen) atoms. The predicted octanol–water partition coefficient (Wildman–Crippen LogP) is 2.97. The molecule has 3 heterocycles. The SMILES string of the molecule is O=C(C=Cc1ccco1)NC(c1cccnc1)C1CCOCC1. The van der Waals surface area contributed by atoms with E-state index in [0.717, 1.165) is 31.6 Å². The third-order valence-corrected chi connectivity index (χ3v) is 4.02. The Morgan fingerprint density at radius 3 is 2.87 bits per heavy atom. The fraction of sp³-hybridized carbons (Fsp3) is 0.333. The Hall–Kier alpha value is -2.40. The van der Waals surface area contributed by atoms with E-state index in [2.05, 4.69) is 10.3 Å². The summed E-state index contributed by atoms with van der Waals surface area (Å²) in [5.41, 5.74) is 1.03. The van der Waals surface area contributed by atoms with Crippen LogP contribution in [0.5, 0.6) is 0 Å². The van der Waals surface area contributed by atoms with Crippen molar-refractivity contribution in [3.05, 3.63) is 60.3 Å². The van der Waals surface area contributed by atoms with Crippen molar-refractivity contribution in [2.75, 3.05) is 13.2 Å². The van der Waals surface area contributed by atoms with E-state index in [1.54, 1.807) is 30.7 Å². The predicted molar refractivity (Wildman–Crippen MR) is 86.4 cm³/mol. The average molecular weight is 312 g/mol. The number of nitrogens with one attached hydrogen (secondary N) is 1. The molecule has 0 aromatic carbocycles. The monoisotopic (exact) mass is 312 g/mol. The zero-order valence-electron chi connectivity index (χ0n) is 12.9. The highest BCUT2D eigenvalue weighted by molar-refractivity contribution is 5.91. The van der Waals surface area contributed by atoms with E-state index in [0.29, 0.717) is 11.7 Å². The van der Waals surface area contributed by atoms with Crippen LogP contribution >= 0.6 is 0 Å². The van der Waals surface area contributed by atoms with E-state index in [1.807, 2.05) is 18.3 Å². The molecule has 1 fully saturated rings. The van der Waals surface area contributed by atoms with Crippen molar-refractivity contribution >= 4 is 12.0 Å². The molecule has 2 aromatic heterocycles. The van der Waals surface area contributed by atoms with E-state index in [9.17, 15) is 4.79 Å². The smallest absolute Gasteiger partial charge is 0.244 e. The fourth-order valence-electron chi connectivity index (χ4n) is 2.83. The first-order valence-electron chi connectivity index (χ1n) is 7.82.